The van der Waals surface area contributed by atoms with Gasteiger partial charge >= 0.3 is 11.4 Å². The summed E-state index contributed by atoms with van der Waals surface area (Å²) in [5, 5.41) is -0.878. The Morgan fingerprint density at radius 2 is 2.00 bits per heavy atom. The maximum atomic E-state index is 11.9. The molecule has 0 aliphatic carbocycles. The SMILES string of the molecule is O=C(Cl)N1CCN(C(=O)c2cccnc2)C1=O. The molecular formula is C10H8ClN3O3. The molecule has 0 saturated carbocycles. The van der Waals surface area contributed by atoms with Crippen LogP contribution in [0.25, 0.3) is 0 Å². The maximum absolute atomic E-state index is 11.9. The number of imide groups is 2. The Morgan fingerprint density at radius 3 is 2.53 bits per heavy atom. The van der Waals surface area contributed by atoms with Crippen LogP contribution in [0.3, 0.4) is 0 Å². The van der Waals surface area contributed by atoms with Crippen molar-refractivity contribution in [1.82, 2.24) is 14.8 Å². The van der Waals surface area contributed by atoms with E-state index in [-0.39, 0.29) is 13.1 Å². The first-order valence-electron chi connectivity index (χ1n) is 4.84. The Morgan fingerprint density at radius 1 is 1.29 bits per heavy atom. The predicted octanol–water partition coefficient (Wildman–Crippen LogP) is 1.32. The lowest BCUT2D eigenvalue weighted by Gasteiger charge is -2.13. The fourth-order valence-electron chi connectivity index (χ4n) is 1.53. The molecule has 1 aliphatic rings. The van der Waals surface area contributed by atoms with Gasteiger partial charge in [-0.2, -0.15) is 0 Å². The first kappa shape index (κ1) is 11.5. The summed E-state index contributed by atoms with van der Waals surface area (Å²) < 4.78 is 0. The van der Waals surface area contributed by atoms with E-state index in [1.807, 2.05) is 0 Å². The topological polar surface area (TPSA) is 70.6 Å². The molecule has 1 saturated heterocycles. The van der Waals surface area contributed by atoms with Gasteiger partial charge < -0.3 is 0 Å². The summed E-state index contributed by atoms with van der Waals surface area (Å²) in [6.45, 7) is 0.262. The van der Waals surface area contributed by atoms with Crippen LogP contribution in [0.2, 0.25) is 0 Å². The van der Waals surface area contributed by atoms with Crippen LogP contribution in [-0.4, -0.2) is 45.2 Å². The van der Waals surface area contributed by atoms with Gasteiger partial charge in [-0.25, -0.2) is 9.69 Å². The van der Waals surface area contributed by atoms with Crippen molar-refractivity contribution in [2.24, 2.45) is 0 Å². The van der Waals surface area contributed by atoms with Gasteiger partial charge in [0.05, 0.1) is 5.56 Å². The van der Waals surface area contributed by atoms with Crippen LogP contribution in [0.4, 0.5) is 9.59 Å². The number of hydrogen-bond donors (Lipinski definition) is 0. The molecule has 0 spiro atoms. The highest BCUT2D eigenvalue weighted by Gasteiger charge is 2.36. The predicted molar refractivity (Wildman–Crippen MR) is 58.6 cm³/mol. The van der Waals surface area contributed by atoms with Crippen molar-refractivity contribution < 1.29 is 14.4 Å². The van der Waals surface area contributed by atoms with Crippen LogP contribution < -0.4 is 0 Å². The quantitative estimate of drug-likeness (QED) is 0.559. The summed E-state index contributed by atoms with van der Waals surface area (Å²) >= 11 is 5.21. The maximum Gasteiger partial charge on any atom is 0.334 e. The van der Waals surface area contributed by atoms with Gasteiger partial charge in [0.25, 0.3) is 5.91 Å². The van der Waals surface area contributed by atoms with Crippen LogP contribution >= 0.6 is 11.6 Å². The van der Waals surface area contributed by atoms with Crippen LogP contribution in [0.15, 0.2) is 24.5 Å². The van der Waals surface area contributed by atoms with E-state index in [4.69, 9.17) is 11.6 Å². The molecule has 4 amide bonds. The molecule has 2 rings (SSSR count). The second-order valence-electron chi connectivity index (χ2n) is 3.39. The molecule has 0 bridgehead atoms. The third-order valence-corrected chi connectivity index (χ3v) is 2.58. The fraction of sp³-hybridized carbons (Fsp3) is 0.200. The standard InChI is InChI=1S/C10H8ClN3O3/c11-9(16)14-5-4-13(10(14)17)8(15)7-2-1-3-12-6-7/h1-3,6H,4-5H2. The zero-order valence-corrected chi connectivity index (χ0v) is 9.42. The van der Waals surface area contributed by atoms with E-state index < -0.39 is 17.3 Å². The van der Waals surface area contributed by atoms with Gasteiger partial charge in [-0.1, -0.05) is 0 Å². The van der Waals surface area contributed by atoms with Gasteiger partial charge in [0.15, 0.2) is 0 Å². The number of amides is 4. The molecule has 1 aliphatic heterocycles. The molecule has 0 aromatic carbocycles. The molecule has 7 heteroatoms. The molecule has 1 aromatic heterocycles. The highest BCUT2D eigenvalue weighted by atomic mass is 35.5. The Kier molecular flexibility index (Phi) is 3.06. The number of nitrogens with zero attached hydrogens (tertiary/aromatic N) is 3. The Bertz CT molecular complexity index is 477. The molecule has 17 heavy (non-hydrogen) atoms. The van der Waals surface area contributed by atoms with Gasteiger partial charge in [0, 0.05) is 25.5 Å². The molecule has 6 nitrogen and oxygen atoms in total. The number of halogens is 1. The zero-order chi connectivity index (χ0) is 12.4. The number of hydrogen-bond acceptors (Lipinski definition) is 4. The summed E-state index contributed by atoms with van der Waals surface area (Å²) in [6.07, 6.45) is 2.89. The normalized spacial score (nSPS) is 15.2. The Labute approximate surface area is 102 Å². The van der Waals surface area contributed by atoms with Gasteiger partial charge in [-0.15, -0.1) is 0 Å². The number of rotatable bonds is 1. The van der Waals surface area contributed by atoms with E-state index in [0.717, 1.165) is 9.80 Å². The highest BCUT2D eigenvalue weighted by molar-refractivity contribution is 6.64. The molecule has 1 fully saturated rings. The summed E-state index contributed by atoms with van der Waals surface area (Å²) in [5.74, 6) is -0.483. The van der Waals surface area contributed by atoms with Crippen molar-refractivity contribution >= 4 is 28.9 Å². The van der Waals surface area contributed by atoms with E-state index in [9.17, 15) is 14.4 Å². The third-order valence-electron chi connectivity index (χ3n) is 2.37. The fourth-order valence-corrected chi connectivity index (χ4v) is 1.69. The summed E-state index contributed by atoms with van der Waals surface area (Å²) in [6, 6.07) is 2.45. The van der Waals surface area contributed by atoms with Crippen molar-refractivity contribution in [3.05, 3.63) is 30.1 Å². The van der Waals surface area contributed by atoms with Crippen molar-refractivity contribution in [3.63, 3.8) is 0 Å². The minimum atomic E-state index is -0.878. The van der Waals surface area contributed by atoms with Crippen LogP contribution in [-0.2, 0) is 0 Å². The number of pyridine rings is 1. The average Bonchev–Trinajstić information content (AvgIpc) is 2.71. The van der Waals surface area contributed by atoms with E-state index in [0.29, 0.717) is 5.56 Å². The van der Waals surface area contributed by atoms with Gasteiger partial charge in [-0.05, 0) is 23.7 Å². The van der Waals surface area contributed by atoms with E-state index >= 15 is 0 Å². The Hall–Kier alpha value is -1.95. The first-order valence-corrected chi connectivity index (χ1v) is 5.22. The lowest BCUT2D eigenvalue weighted by atomic mass is 10.2. The van der Waals surface area contributed by atoms with Gasteiger partial charge in [0.2, 0.25) is 0 Å². The van der Waals surface area contributed by atoms with Crippen molar-refractivity contribution in [1.29, 1.82) is 0 Å². The van der Waals surface area contributed by atoms with Crippen LogP contribution in [0.1, 0.15) is 10.4 Å². The van der Waals surface area contributed by atoms with Crippen LogP contribution in [0, 0.1) is 0 Å². The van der Waals surface area contributed by atoms with Crippen LogP contribution in [0.5, 0.6) is 0 Å². The smallest absolute Gasteiger partial charge is 0.268 e. The van der Waals surface area contributed by atoms with E-state index in [1.54, 1.807) is 12.1 Å². The second kappa shape index (κ2) is 4.50. The summed E-state index contributed by atoms with van der Waals surface area (Å²) in [7, 11) is 0. The lowest BCUT2D eigenvalue weighted by molar-refractivity contribution is 0.0825. The lowest BCUT2D eigenvalue weighted by Crippen LogP contribution is -2.37. The third kappa shape index (κ3) is 2.12. The summed E-state index contributed by atoms with van der Waals surface area (Å²) in [5.41, 5.74) is 0.296. The molecular weight excluding hydrogens is 246 g/mol. The van der Waals surface area contributed by atoms with Crippen molar-refractivity contribution in [2.75, 3.05) is 13.1 Å². The molecule has 0 N–H and O–H groups in total. The molecule has 2 heterocycles. The zero-order valence-electron chi connectivity index (χ0n) is 8.67. The highest BCUT2D eigenvalue weighted by Crippen LogP contribution is 2.14. The van der Waals surface area contributed by atoms with Gasteiger partial charge in [-0.3, -0.25) is 19.5 Å². The van der Waals surface area contributed by atoms with Crippen molar-refractivity contribution in [3.8, 4) is 0 Å². The number of urea groups is 1. The minimum Gasteiger partial charge on any atom is -0.268 e. The Balaban J connectivity index is 2.18. The summed E-state index contributed by atoms with van der Waals surface area (Å²) in [4.78, 5) is 40.0. The minimum absolute atomic E-state index is 0.118. The molecule has 0 radical (unpaired) electrons. The molecule has 0 atom stereocenters. The largest absolute Gasteiger partial charge is 0.334 e. The number of carbonyl (C=O) groups excluding carboxylic acids is 3. The van der Waals surface area contributed by atoms with E-state index in [1.165, 1.54) is 12.4 Å². The molecule has 0 unspecified atom stereocenters. The van der Waals surface area contributed by atoms with Crippen molar-refractivity contribution in [2.45, 2.75) is 0 Å². The second-order valence-corrected chi connectivity index (χ2v) is 3.71. The molecule has 88 valence electrons. The number of carbonyl (C=O) groups is 3. The number of aromatic nitrogens is 1. The molecule has 1 aromatic rings. The first-order chi connectivity index (χ1) is 8.11. The van der Waals surface area contributed by atoms with Gasteiger partial charge in [0.1, 0.15) is 0 Å². The van der Waals surface area contributed by atoms with E-state index in [2.05, 4.69) is 4.98 Å². The monoisotopic (exact) mass is 253 g/mol. The average molecular weight is 254 g/mol.